The van der Waals surface area contributed by atoms with Crippen LogP contribution in [0.1, 0.15) is 50.0 Å². The fourth-order valence-electron chi connectivity index (χ4n) is 3.77. The summed E-state index contributed by atoms with van der Waals surface area (Å²) in [4.78, 5) is 52.3. The molecular weight excluding hydrogens is 552 g/mol. The molecule has 2 aromatic heterocycles. The summed E-state index contributed by atoms with van der Waals surface area (Å²) in [7, 11) is 2.93. The zero-order valence-corrected chi connectivity index (χ0v) is 25.5. The Hall–Kier alpha value is -4.94. The second-order valence-corrected chi connectivity index (χ2v) is 10.7. The lowest BCUT2D eigenvalue weighted by Crippen LogP contribution is -2.38. The second-order valence-electron chi connectivity index (χ2n) is 10.7. The minimum absolute atomic E-state index is 0.249. The molecule has 0 unspecified atom stereocenters. The second kappa shape index (κ2) is 15.3. The third-order valence-corrected chi connectivity index (χ3v) is 5.84. The molecule has 0 aliphatic heterocycles. The molecule has 0 atom stereocenters. The van der Waals surface area contributed by atoms with Gasteiger partial charge in [-0.15, -0.1) is 0 Å². The summed E-state index contributed by atoms with van der Waals surface area (Å²) in [6, 6.07) is 8.72. The minimum atomic E-state index is -0.689. The number of hydrogen-bond donors (Lipinski definition) is 4. The van der Waals surface area contributed by atoms with E-state index >= 15 is 0 Å². The van der Waals surface area contributed by atoms with E-state index in [2.05, 4.69) is 36.2 Å². The number of pyridine rings is 1. The quantitative estimate of drug-likeness (QED) is 0.224. The average Bonchev–Trinajstić information content (AvgIpc) is 2.96. The van der Waals surface area contributed by atoms with Gasteiger partial charge in [-0.1, -0.05) is 6.92 Å². The summed E-state index contributed by atoms with van der Waals surface area (Å²) in [5, 5.41) is 12.0. The Morgan fingerprint density at radius 3 is 2.42 bits per heavy atom. The maximum absolute atomic E-state index is 13.3. The number of rotatable bonds is 13. The first-order valence-corrected chi connectivity index (χ1v) is 14.0. The summed E-state index contributed by atoms with van der Waals surface area (Å²) in [6.07, 6.45) is 5.93. The smallest absolute Gasteiger partial charge is 0.410 e. The average molecular weight is 593 g/mol. The zero-order valence-electron chi connectivity index (χ0n) is 25.5. The van der Waals surface area contributed by atoms with Crippen molar-refractivity contribution in [3.8, 4) is 5.75 Å². The van der Waals surface area contributed by atoms with Crippen LogP contribution in [-0.2, 0) is 16.0 Å². The van der Waals surface area contributed by atoms with Gasteiger partial charge in [0.2, 0.25) is 11.9 Å². The van der Waals surface area contributed by atoms with E-state index in [0.29, 0.717) is 42.0 Å². The third-order valence-electron chi connectivity index (χ3n) is 5.84. The normalized spacial score (nSPS) is 10.8. The summed E-state index contributed by atoms with van der Waals surface area (Å²) in [5.41, 5.74) is 1.42. The first-order valence-electron chi connectivity index (χ1n) is 14.0. The molecule has 0 aliphatic rings. The van der Waals surface area contributed by atoms with Crippen molar-refractivity contribution in [1.29, 1.82) is 0 Å². The van der Waals surface area contributed by atoms with Gasteiger partial charge in [0, 0.05) is 44.4 Å². The number of ether oxygens (including phenoxy) is 2. The summed E-state index contributed by atoms with van der Waals surface area (Å²) >= 11 is 0. The van der Waals surface area contributed by atoms with Crippen LogP contribution in [-0.4, -0.2) is 77.2 Å². The maximum atomic E-state index is 13.3. The summed E-state index contributed by atoms with van der Waals surface area (Å²) in [6.45, 7) is 8.22. The zero-order chi connectivity index (χ0) is 31.4. The molecule has 3 rings (SSSR count). The van der Waals surface area contributed by atoms with Crippen LogP contribution in [0.4, 0.5) is 27.9 Å². The van der Waals surface area contributed by atoms with Crippen molar-refractivity contribution in [1.82, 2.24) is 19.9 Å². The summed E-state index contributed by atoms with van der Waals surface area (Å²) in [5.74, 6) is 0.265. The lowest BCUT2D eigenvalue weighted by molar-refractivity contribution is -0.117. The van der Waals surface area contributed by atoms with Gasteiger partial charge >= 0.3 is 6.09 Å². The molecule has 43 heavy (non-hydrogen) atoms. The van der Waals surface area contributed by atoms with Gasteiger partial charge in [0.1, 0.15) is 29.3 Å². The highest BCUT2D eigenvalue weighted by atomic mass is 16.6. The van der Waals surface area contributed by atoms with E-state index in [1.807, 2.05) is 19.1 Å². The number of amides is 3. The molecule has 13 nitrogen and oxygen atoms in total. The predicted molar refractivity (Wildman–Crippen MR) is 166 cm³/mol. The highest BCUT2D eigenvalue weighted by Crippen LogP contribution is 2.28. The number of methoxy groups -OCH3 is 1. The molecule has 0 spiro atoms. The number of hydrogen-bond acceptors (Lipinski definition) is 10. The van der Waals surface area contributed by atoms with Crippen molar-refractivity contribution in [2.45, 2.75) is 46.1 Å². The lowest BCUT2D eigenvalue weighted by Gasteiger charge is -2.24. The van der Waals surface area contributed by atoms with Crippen molar-refractivity contribution < 1.29 is 23.9 Å². The van der Waals surface area contributed by atoms with Crippen molar-refractivity contribution >= 4 is 41.0 Å². The lowest BCUT2D eigenvalue weighted by atomic mass is 10.2. The van der Waals surface area contributed by atoms with E-state index in [9.17, 15) is 14.4 Å². The molecule has 2 heterocycles. The number of likely N-dealkylation sites (N-methyl/N-ethyl adjacent to an activating group) is 1. The topological polar surface area (TPSA) is 160 Å². The number of nitrogens with one attached hydrogen (secondary N) is 4. The molecule has 0 fully saturated rings. The Balaban J connectivity index is 1.69. The monoisotopic (exact) mass is 592 g/mol. The highest BCUT2D eigenvalue weighted by molar-refractivity contribution is 6.08. The van der Waals surface area contributed by atoms with E-state index in [1.165, 1.54) is 25.3 Å². The van der Waals surface area contributed by atoms with E-state index in [0.717, 1.165) is 18.4 Å². The van der Waals surface area contributed by atoms with Crippen molar-refractivity contribution in [3.63, 3.8) is 0 Å². The Morgan fingerprint density at radius 1 is 1.00 bits per heavy atom. The van der Waals surface area contributed by atoms with E-state index in [4.69, 9.17) is 9.47 Å². The number of aromatic nitrogens is 3. The molecule has 1 aromatic carbocycles. The number of benzene rings is 1. The standard InChI is InChI=1S/C30H40N8O5/c1-7-13-32-26-22(18-34-28(37-26)33-16-12-20-10-14-31-15-11-20)27(40)35-21-8-9-24(42-6)23(17-21)36-25(39)19-38(5)29(41)43-30(2,3)4/h8-11,14-15,17-18H,7,12-13,16,19H2,1-6H3,(H,35,40)(H,36,39)(H2,32,33,34,37). The van der Waals surface area contributed by atoms with Crippen LogP contribution in [0.5, 0.6) is 5.75 Å². The summed E-state index contributed by atoms with van der Waals surface area (Å²) < 4.78 is 10.7. The van der Waals surface area contributed by atoms with Gasteiger partial charge in [-0.3, -0.25) is 14.6 Å². The van der Waals surface area contributed by atoms with Crippen LogP contribution in [0.3, 0.4) is 0 Å². The molecule has 4 N–H and O–H groups in total. The first kappa shape index (κ1) is 32.6. The van der Waals surface area contributed by atoms with Crippen LogP contribution in [0.15, 0.2) is 48.9 Å². The van der Waals surface area contributed by atoms with Gasteiger partial charge in [-0.25, -0.2) is 9.78 Å². The van der Waals surface area contributed by atoms with Crippen LogP contribution < -0.4 is 26.0 Å². The molecule has 0 radical (unpaired) electrons. The van der Waals surface area contributed by atoms with Gasteiger partial charge in [0.25, 0.3) is 5.91 Å². The molecule has 0 saturated heterocycles. The maximum Gasteiger partial charge on any atom is 0.410 e. The van der Waals surface area contributed by atoms with Crippen molar-refractivity contribution in [2.75, 3.05) is 55.1 Å². The molecule has 3 aromatic rings. The van der Waals surface area contributed by atoms with Gasteiger partial charge in [0.05, 0.1) is 12.8 Å². The Labute approximate surface area is 251 Å². The SMILES string of the molecule is CCCNc1nc(NCCc2ccncc2)ncc1C(=O)Nc1ccc(OC)c(NC(=O)CN(C)C(=O)OC(C)(C)C)c1. The fraction of sp³-hybridized carbons (Fsp3) is 0.400. The number of carbonyl (C=O) groups is 3. The van der Waals surface area contributed by atoms with Gasteiger partial charge in [0.15, 0.2) is 0 Å². The number of anilines is 4. The molecule has 13 heteroatoms. The van der Waals surface area contributed by atoms with Crippen molar-refractivity contribution in [2.24, 2.45) is 0 Å². The van der Waals surface area contributed by atoms with Crippen molar-refractivity contribution in [3.05, 3.63) is 60.0 Å². The molecule has 3 amide bonds. The van der Waals surface area contributed by atoms with Gasteiger partial charge in [-0.05, 0) is 69.5 Å². The Bertz CT molecular complexity index is 1400. The third kappa shape index (κ3) is 10.4. The van der Waals surface area contributed by atoms with Crippen LogP contribution in [0.25, 0.3) is 0 Å². The van der Waals surface area contributed by atoms with Crippen LogP contribution in [0, 0.1) is 0 Å². The van der Waals surface area contributed by atoms with Crippen LogP contribution in [0.2, 0.25) is 0 Å². The van der Waals surface area contributed by atoms with E-state index < -0.39 is 23.5 Å². The minimum Gasteiger partial charge on any atom is -0.495 e. The van der Waals surface area contributed by atoms with E-state index in [1.54, 1.807) is 51.4 Å². The predicted octanol–water partition coefficient (Wildman–Crippen LogP) is 4.41. The molecule has 0 aliphatic carbocycles. The number of nitrogens with zero attached hydrogens (tertiary/aromatic N) is 4. The first-order chi connectivity index (χ1) is 20.5. The molecule has 0 saturated carbocycles. The molecule has 0 bridgehead atoms. The van der Waals surface area contributed by atoms with E-state index in [-0.39, 0.29) is 12.1 Å². The van der Waals surface area contributed by atoms with Gasteiger partial charge in [-0.2, -0.15) is 4.98 Å². The number of carbonyl (C=O) groups excluding carboxylic acids is 3. The molecule has 230 valence electrons. The molecular formula is C30H40N8O5. The highest BCUT2D eigenvalue weighted by Gasteiger charge is 2.22. The van der Waals surface area contributed by atoms with Crippen LogP contribution >= 0.6 is 0 Å². The Kier molecular flexibility index (Phi) is 11.6. The largest absolute Gasteiger partial charge is 0.495 e. The fourth-order valence-corrected chi connectivity index (χ4v) is 3.77. The van der Waals surface area contributed by atoms with Gasteiger partial charge < -0.3 is 35.6 Å². The Morgan fingerprint density at radius 2 is 1.74 bits per heavy atom.